The van der Waals surface area contributed by atoms with E-state index in [9.17, 15) is 4.79 Å². The van der Waals surface area contributed by atoms with Crippen LogP contribution in [0, 0.1) is 0 Å². The molecule has 4 nitrogen and oxygen atoms in total. The Labute approximate surface area is 152 Å². The molecule has 0 aromatic heterocycles. The highest BCUT2D eigenvalue weighted by atomic mass is 16.6. The number of hydrogen-bond acceptors (Lipinski definition) is 3. The summed E-state index contributed by atoms with van der Waals surface area (Å²) < 4.78 is 5.71. The van der Waals surface area contributed by atoms with Crippen LogP contribution in [-0.2, 0) is 11.3 Å². The van der Waals surface area contributed by atoms with E-state index in [-0.39, 0.29) is 12.2 Å². The van der Waals surface area contributed by atoms with E-state index in [4.69, 9.17) is 4.74 Å². The summed E-state index contributed by atoms with van der Waals surface area (Å²) in [5.41, 5.74) is 1.31. The fourth-order valence-electron chi connectivity index (χ4n) is 4.12. The Morgan fingerprint density at radius 3 is 2.44 bits per heavy atom. The zero-order valence-electron chi connectivity index (χ0n) is 15.5. The van der Waals surface area contributed by atoms with Gasteiger partial charge in [0, 0.05) is 19.1 Å². The summed E-state index contributed by atoms with van der Waals surface area (Å²) in [6.07, 6.45) is 8.65. The van der Waals surface area contributed by atoms with Crippen LogP contribution in [0.15, 0.2) is 30.3 Å². The molecule has 25 heavy (non-hydrogen) atoms. The molecule has 2 fully saturated rings. The van der Waals surface area contributed by atoms with Crippen LogP contribution in [0.3, 0.4) is 0 Å². The summed E-state index contributed by atoms with van der Waals surface area (Å²) in [5, 5.41) is 0. The molecule has 4 heteroatoms. The van der Waals surface area contributed by atoms with E-state index in [2.05, 4.69) is 36.1 Å². The molecular weight excluding hydrogens is 312 g/mol. The number of nitrogens with zero attached hydrogens (tertiary/aromatic N) is 2. The van der Waals surface area contributed by atoms with Gasteiger partial charge in [0.15, 0.2) is 0 Å². The molecule has 0 radical (unpaired) electrons. The molecule has 0 bridgehead atoms. The van der Waals surface area contributed by atoms with Gasteiger partial charge in [-0.05, 0) is 24.9 Å². The molecule has 0 spiro atoms. The molecule has 0 N–H and O–H groups in total. The van der Waals surface area contributed by atoms with Crippen LogP contribution in [0.4, 0.5) is 4.79 Å². The Balaban J connectivity index is 1.53. The summed E-state index contributed by atoms with van der Waals surface area (Å²) in [7, 11) is 0. The van der Waals surface area contributed by atoms with Crippen LogP contribution in [-0.4, -0.2) is 47.7 Å². The molecule has 1 atom stereocenters. The standard InChI is InChI=1S/C21H32N2O2/c1-2-22(15-18-11-7-6-8-12-18)16-20-17-23(21(24)25-20)19-13-9-4-3-5-10-14-19/h6-8,11-12,19-20H,2-5,9-10,13-17H2,1H3/t20-/m1/s1. The van der Waals surface area contributed by atoms with Gasteiger partial charge < -0.3 is 9.64 Å². The van der Waals surface area contributed by atoms with Crippen molar-refractivity contribution in [3.8, 4) is 0 Å². The quantitative estimate of drug-likeness (QED) is 0.765. The van der Waals surface area contributed by atoms with Gasteiger partial charge in [-0.25, -0.2) is 4.79 Å². The minimum absolute atomic E-state index is 0.00148. The normalized spacial score (nSPS) is 22.7. The first-order chi connectivity index (χ1) is 12.3. The first-order valence-electron chi connectivity index (χ1n) is 10.00. The lowest BCUT2D eigenvalue weighted by atomic mass is 9.96. The fraction of sp³-hybridized carbons (Fsp3) is 0.667. The van der Waals surface area contributed by atoms with Crippen molar-refractivity contribution >= 4 is 6.09 Å². The van der Waals surface area contributed by atoms with E-state index in [0.29, 0.717) is 6.04 Å². The fourth-order valence-corrected chi connectivity index (χ4v) is 4.12. The molecule has 0 unspecified atom stereocenters. The number of likely N-dealkylation sites (N-methyl/N-ethyl adjacent to an activating group) is 1. The lowest BCUT2D eigenvalue weighted by molar-refractivity contribution is 0.103. The number of hydrogen-bond donors (Lipinski definition) is 0. The summed E-state index contributed by atoms with van der Waals surface area (Å²) in [6.45, 7) is 5.63. The zero-order valence-corrected chi connectivity index (χ0v) is 15.5. The van der Waals surface area contributed by atoms with Gasteiger partial charge in [0.25, 0.3) is 0 Å². The number of carbonyl (C=O) groups excluding carboxylic acids is 1. The van der Waals surface area contributed by atoms with Crippen molar-refractivity contribution in [3.63, 3.8) is 0 Å². The van der Waals surface area contributed by atoms with E-state index in [1.165, 1.54) is 37.7 Å². The monoisotopic (exact) mass is 344 g/mol. The van der Waals surface area contributed by atoms with Gasteiger partial charge in [0.1, 0.15) is 6.10 Å². The smallest absolute Gasteiger partial charge is 0.410 e. The van der Waals surface area contributed by atoms with Crippen LogP contribution in [0.1, 0.15) is 57.4 Å². The summed E-state index contributed by atoms with van der Waals surface area (Å²) >= 11 is 0. The van der Waals surface area contributed by atoms with Gasteiger partial charge in [-0.15, -0.1) is 0 Å². The lowest BCUT2D eigenvalue weighted by Crippen LogP contribution is -2.38. The van der Waals surface area contributed by atoms with Gasteiger partial charge >= 0.3 is 6.09 Å². The average Bonchev–Trinajstić information content (AvgIpc) is 2.95. The number of ether oxygens (including phenoxy) is 1. The third kappa shape index (κ3) is 5.21. The van der Waals surface area contributed by atoms with Crippen molar-refractivity contribution in [3.05, 3.63) is 35.9 Å². The maximum Gasteiger partial charge on any atom is 0.410 e. The predicted octanol–water partition coefficient (Wildman–Crippen LogP) is 4.44. The predicted molar refractivity (Wildman–Crippen MR) is 100 cm³/mol. The molecule has 1 saturated carbocycles. The molecule has 1 heterocycles. The van der Waals surface area contributed by atoms with Crippen LogP contribution < -0.4 is 0 Å². The van der Waals surface area contributed by atoms with E-state index in [1.54, 1.807) is 0 Å². The molecule has 3 rings (SSSR count). The SMILES string of the molecule is CCN(Cc1ccccc1)C[C@@H]1CN(C2CCCCCCC2)C(=O)O1. The molecule has 1 saturated heterocycles. The number of amides is 1. The van der Waals surface area contributed by atoms with Gasteiger partial charge in [0.2, 0.25) is 0 Å². The van der Waals surface area contributed by atoms with E-state index in [1.807, 2.05) is 11.0 Å². The number of rotatable bonds is 6. The summed E-state index contributed by atoms with van der Waals surface area (Å²) in [6, 6.07) is 10.9. The second-order valence-electron chi connectivity index (χ2n) is 7.47. The third-order valence-corrected chi connectivity index (χ3v) is 5.58. The Kier molecular flexibility index (Phi) is 6.74. The summed E-state index contributed by atoms with van der Waals surface area (Å²) in [4.78, 5) is 16.8. The second-order valence-corrected chi connectivity index (χ2v) is 7.47. The second kappa shape index (κ2) is 9.23. The molecule has 1 aromatic rings. The van der Waals surface area contributed by atoms with Crippen LogP contribution in [0.2, 0.25) is 0 Å². The average molecular weight is 344 g/mol. The van der Waals surface area contributed by atoms with E-state index < -0.39 is 0 Å². The molecular formula is C21H32N2O2. The highest BCUT2D eigenvalue weighted by molar-refractivity contribution is 5.70. The topological polar surface area (TPSA) is 32.8 Å². The van der Waals surface area contributed by atoms with Gasteiger partial charge in [-0.1, -0.05) is 69.4 Å². The van der Waals surface area contributed by atoms with Crippen LogP contribution in [0.5, 0.6) is 0 Å². The van der Waals surface area contributed by atoms with Crippen molar-refractivity contribution in [1.82, 2.24) is 9.80 Å². The first-order valence-corrected chi connectivity index (χ1v) is 10.00. The third-order valence-electron chi connectivity index (χ3n) is 5.58. The maximum atomic E-state index is 12.4. The Hall–Kier alpha value is -1.55. The lowest BCUT2D eigenvalue weighted by Gasteiger charge is -2.28. The van der Waals surface area contributed by atoms with Crippen LogP contribution in [0.25, 0.3) is 0 Å². The molecule has 2 aliphatic rings. The highest BCUT2D eigenvalue weighted by Gasteiger charge is 2.36. The first kappa shape index (κ1) is 18.2. The van der Waals surface area contributed by atoms with Gasteiger partial charge in [0.05, 0.1) is 6.54 Å². The zero-order chi connectivity index (χ0) is 17.5. The van der Waals surface area contributed by atoms with Gasteiger partial charge in [-0.2, -0.15) is 0 Å². The van der Waals surface area contributed by atoms with E-state index in [0.717, 1.165) is 39.0 Å². The summed E-state index contributed by atoms with van der Waals surface area (Å²) in [5.74, 6) is 0. The Morgan fingerprint density at radius 2 is 1.76 bits per heavy atom. The largest absolute Gasteiger partial charge is 0.443 e. The van der Waals surface area contributed by atoms with Crippen molar-refractivity contribution in [2.75, 3.05) is 19.6 Å². The molecule has 1 amide bonds. The van der Waals surface area contributed by atoms with Gasteiger partial charge in [-0.3, -0.25) is 4.90 Å². The molecule has 1 aliphatic carbocycles. The number of cyclic esters (lactones) is 1. The van der Waals surface area contributed by atoms with Crippen molar-refractivity contribution in [2.24, 2.45) is 0 Å². The number of carbonyl (C=O) groups is 1. The van der Waals surface area contributed by atoms with Crippen molar-refractivity contribution < 1.29 is 9.53 Å². The molecule has 1 aromatic carbocycles. The Morgan fingerprint density at radius 1 is 1.08 bits per heavy atom. The minimum atomic E-state index is -0.0914. The van der Waals surface area contributed by atoms with Crippen molar-refractivity contribution in [1.29, 1.82) is 0 Å². The van der Waals surface area contributed by atoms with Crippen molar-refractivity contribution in [2.45, 2.75) is 70.6 Å². The van der Waals surface area contributed by atoms with Crippen LogP contribution >= 0.6 is 0 Å². The highest BCUT2D eigenvalue weighted by Crippen LogP contribution is 2.25. The minimum Gasteiger partial charge on any atom is -0.443 e. The number of benzene rings is 1. The molecule has 138 valence electrons. The maximum absolute atomic E-state index is 12.4. The molecule has 1 aliphatic heterocycles. The van der Waals surface area contributed by atoms with E-state index >= 15 is 0 Å². The Bertz CT molecular complexity index is 526.